The first kappa shape index (κ1) is 20.2. The van der Waals surface area contributed by atoms with Crippen molar-refractivity contribution < 1.29 is 18.0 Å². The lowest BCUT2D eigenvalue weighted by atomic mass is 10.1. The van der Waals surface area contributed by atoms with Gasteiger partial charge in [0.15, 0.2) is 0 Å². The van der Waals surface area contributed by atoms with Crippen molar-refractivity contribution in [2.24, 2.45) is 0 Å². The highest BCUT2D eigenvalue weighted by Crippen LogP contribution is 2.24. The van der Waals surface area contributed by atoms with Gasteiger partial charge in [-0.15, -0.1) is 0 Å². The molecule has 0 bridgehead atoms. The number of nitrogens with one attached hydrogen (secondary N) is 2. The first-order valence-corrected chi connectivity index (χ1v) is 10.9. The van der Waals surface area contributed by atoms with E-state index in [0.717, 1.165) is 30.5 Å². The van der Waals surface area contributed by atoms with E-state index in [0.29, 0.717) is 13.0 Å². The maximum absolute atomic E-state index is 12.4. The van der Waals surface area contributed by atoms with Crippen molar-refractivity contribution in [3.63, 3.8) is 0 Å². The van der Waals surface area contributed by atoms with E-state index < -0.39 is 10.0 Å². The number of halogens is 1. The van der Waals surface area contributed by atoms with E-state index >= 15 is 0 Å². The summed E-state index contributed by atoms with van der Waals surface area (Å²) in [5.74, 6) is -0.227. The van der Waals surface area contributed by atoms with Crippen LogP contribution in [0.2, 0.25) is 5.02 Å². The lowest BCUT2D eigenvalue weighted by Crippen LogP contribution is -2.24. The molecule has 2 N–H and O–H groups in total. The SMILES string of the molecule is CS(=O)(=O)Nc1cc(C(=O)NCc2ccc(N3CCCC3=O)cc2)ccc1Cl. The van der Waals surface area contributed by atoms with Gasteiger partial charge < -0.3 is 10.2 Å². The van der Waals surface area contributed by atoms with Crippen LogP contribution in [-0.4, -0.2) is 33.0 Å². The summed E-state index contributed by atoms with van der Waals surface area (Å²) < 4.78 is 25.1. The number of hydrogen-bond acceptors (Lipinski definition) is 4. The Labute approximate surface area is 168 Å². The molecule has 0 atom stereocenters. The molecule has 7 nitrogen and oxygen atoms in total. The average Bonchev–Trinajstić information content (AvgIpc) is 3.07. The zero-order valence-electron chi connectivity index (χ0n) is 15.2. The minimum Gasteiger partial charge on any atom is -0.348 e. The van der Waals surface area contributed by atoms with Gasteiger partial charge >= 0.3 is 0 Å². The maximum atomic E-state index is 12.4. The third kappa shape index (κ3) is 5.02. The fourth-order valence-corrected chi connectivity index (χ4v) is 3.73. The Morgan fingerprint density at radius 1 is 1.18 bits per heavy atom. The molecule has 0 aromatic heterocycles. The van der Waals surface area contributed by atoms with Crippen molar-refractivity contribution in [3.8, 4) is 0 Å². The highest BCUT2D eigenvalue weighted by Gasteiger charge is 2.21. The highest BCUT2D eigenvalue weighted by molar-refractivity contribution is 7.92. The van der Waals surface area contributed by atoms with Gasteiger partial charge in [0, 0.05) is 30.8 Å². The summed E-state index contributed by atoms with van der Waals surface area (Å²) in [7, 11) is -3.51. The molecule has 1 saturated heterocycles. The van der Waals surface area contributed by atoms with Crippen LogP contribution >= 0.6 is 11.6 Å². The maximum Gasteiger partial charge on any atom is 0.251 e. The van der Waals surface area contributed by atoms with Crippen molar-refractivity contribution in [2.75, 3.05) is 22.4 Å². The first-order chi connectivity index (χ1) is 13.2. The molecule has 0 spiro atoms. The molecule has 0 radical (unpaired) electrons. The minimum absolute atomic E-state index is 0.127. The van der Waals surface area contributed by atoms with E-state index in [-0.39, 0.29) is 28.1 Å². The molecule has 2 amide bonds. The monoisotopic (exact) mass is 421 g/mol. The fraction of sp³-hybridized carbons (Fsp3) is 0.263. The van der Waals surface area contributed by atoms with Crippen LogP contribution in [0.5, 0.6) is 0 Å². The Morgan fingerprint density at radius 2 is 1.89 bits per heavy atom. The molecule has 3 rings (SSSR count). The van der Waals surface area contributed by atoms with Crippen molar-refractivity contribution in [3.05, 3.63) is 58.6 Å². The predicted molar refractivity (Wildman–Crippen MR) is 109 cm³/mol. The summed E-state index contributed by atoms with van der Waals surface area (Å²) in [5, 5.41) is 2.99. The predicted octanol–water partition coefficient (Wildman–Crippen LogP) is 2.77. The summed E-state index contributed by atoms with van der Waals surface area (Å²) in [4.78, 5) is 25.9. The van der Waals surface area contributed by atoms with Crippen LogP contribution in [0.25, 0.3) is 0 Å². The van der Waals surface area contributed by atoms with Gasteiger partial charge in [-0.3, -0.25) is 14.3 Å². The standard InChI is InChI=1S/C19H20ClN3O4S/c1-28(26,27)22-17-11-14(6-9-16(17)20)19(25)21-12-13-4-7-15(8-5-13)23-10-2-3-18(23)24/h4-9,11,22H,2-3,10,12H2,1H3,(H,21,25). The lowest BCUT2D eigenvalue weighted by molar-refractivity contribution is -0.117. The number of benzene rings is 2. The number of carbonyl (C=O) groups is 2. The minimum atomic E-state index is -3.51. The third-order valence-corrected chi connectivity index (χ3v) is 5.22. The second-order valence-electron chi connectivity index (χ2n) is 6.57. The summed E-state index contributed by atoms with van der Waals surface area (Å²) in [6, 6.07) is 11.8. The molecule has 28 heavy (non-hydrogen) atoms. The molecular weight excluding hydrogens is 402 g/mol. The summed E-state index contributed by atoms with van der Waals surface area (Å²) in [6.07, 6.45) is 2.46. The molecule has 2 aromatic rings. The van der Waals surface area contributed by atoms with Gasteiger partial charge in [-0.1, -0.05) is 23.7 Å². The van der Waals surface area contributed by atoms with Crippen LogP contribution in [0.3, 0.4) is 0 Å². The van der Waals surface area contributed by atoms with Gasteiger partial charge in [0.25, 0.3) is 5.91 Å². The largest absolute Gasteiger partial charge is 0.348 e. The summed E-state index contributed by atoms with van der Waals surface area (Å²) in [6.45, 7) is 1.03. The lowest BCUT2D eigenvalue weighted by Gasteiger charge is -2.16. The average molecular weight is 422 g/mol. The zero-order chi connectivity index (χ0) is 20.3. The first-order valence-electron chi connectivity index (χ1n) is 8.68. The van der Waals surface area contributed by atoms with E-state index in [1.807, 2.05) is 24.3 Å². The van der Waals surface area contributed by atoms with Crippen LogP contribution in [0, 0.1) is 0 Å². The Morgan fingerprint density at radius 3 is 2.50 bits per heavy atom. The zero-order valence-corrected chi connectivity index (χ0v) is 16.8. The van der Waals surface area contributed by atoms with Crippen LogP contribution in [0.1, 0.15) is 28.8 Å². The van der Waals surface area contributed by atoms with Gasteiger partial charge in [0.1, 0.15) is 0 Å². The van der Waals surface area contributed by atoms with Gasteiger partial charge in [-0.05, 0) is 42.3 Å². The number of rotatable bonds is 6. The van der Waals surface area contributed by atoms with Crippen molar-refractivity contribution in [1.82, 2.24) is 5.32 Å². The molecular formula is C19H20ClN3O4S. The Kier molecular flexibility index (Phi) is 5.90. The fourth-order valence-electron chi connectivity index (χ4n) is 2.94. The molecule has 0 aliphatic carbocycles. The van der Waals surface area contributed by atoms with Crippen LogP contribution in [-0.2, 0) is 21.4 Å². The van der Waals surface area contributed by atoms with Crippen LogP contribution < -0.4 is 14.9 Å². The van der Waals surface area contributed by atoms with Crippen LogP contribution in [0.4, 0.5) is 11.4 Å². The molecule has 1 fully saturated rings. The van der Waals surface area contributed by atoms with E-state index in [2.05, 4.69) is 10.0 Å². The quantitative estimate of drug-likeness (QED) is 0.749. The summed E-state index contributed by atoms with van der Waals surface area (Å²) in [5.41, 5.74) is 2.17. The van der Waals surface area contributed by atoms with Gasteiger partial charge in [0.05, 0.1) is 17.0 Å². The van der Waals surface area contributed by atoms with Crippen LogP contribution in [0.15, 0.2) is 42.5 Å². The van der Waals surface area contributed by atoms with E-state index in [4.69, 9.17) is 11.6 Å². The van der Waals surface area contributed by atoms with Gasteiger partial charge in [0.2, 0.25) is 15.9 Å². The van der Waals surface area contributed by atoms with Crippen molar-refractivity contribution in [2.45, 2.75) is 19.4 Å². The summed E-state index contributed by atoms with van der Waals surface area (Å²) >= 11 is 5.97. The van der Waals surface area contributed by atoms with Gasteiger partial charge in [-0.2, -0.15) is 0 Å². The number of anilines is 2. The Bertz CT molecular complexity index is 1010. The molecule has 0 saturated carbocycles. The number of nitrogens with zero attached hydrogens (tertiary/aromatic N) is 1. The number of amides is 2. The number of hydrogen-bond donors (Lipinski definition) is 2. The van der Waals surface area contributed by atoms with E-state index in [9.17, 15) is 18.0 Å². The molecule has 9 heteroatoms. The second kappa shape index (κ2) is 8.20. The van der Waals surface area contributed by atoms with Gasteiger partial charge in [-0.25, -0.2) is 8.42 Å². The second-order valence-corrected chi connectivity index (χ2v) is 8.72. The molecule has 148 valence electrons. The highest BCUT2D eigenvalue weighted by atomic mass is 35.5. The van der Waals surface area contributed by atoms with Crippen molar-refractivity contribution >= 4 is 44.8 Å². The molecule has 0 unspecified atom stereocenters. The molecule has 1 aliphatic heterocycles. The normalized spacial score (nSPS) is 14.2. The molecule has 2 aromatic carbocycles. The number of carbonyl (C=O) groups excluding carboxylic acids is 2. The Hall–Kier alpha value is -2.58. The molecule has 1 aliphatic rings. The smallest absolute Gasteiger partial charge is 0.251 e. The Balaban J connectivity index is 1.64. The topological polar surface area (TPSA) is 95.6 Å². The van der Waals surface area contributed by atoms with E-state index in [1.165, 1.54) is 18.2 Å². The number of sulfonamides is 1. The molecule has 1 heterocycles. The third-order valence-electron chi connectivity index (χ3n) is 4.30. The van der Waals surface area contributed by atoms with Crippen molar-refractivity contribution in [1.29, 1.82) is 0 Å². The van der Waals surface area contributed by atoms with E-state index in [1.54, 1.807) is 4.90 Å².